The Morgan fingerprint density at radius 3 is 1.48 bits per heavy atom. The summed E-state index contributed by atoms with van der Waals surface area (Å²) in [5.74, 6) is 0. The van der Waals surface area contributed by atoms with Gasteiger partial charge in [0.1, 0.15) is 11.2 Å². The summed E-state index contributed by atoms with van der Waals surface area (Å²) in [5.41, 5.74) is 23.1. The van der Waals surface area contributed by atoms with Gasteiger partial charge in [-0.15, -0.1) is 0 Å². The molecule has 60 heavy (non-hydrogen) atoms. The van der Waals surface area contributed by atoms with Gasteiger partial charge in [0.15, 0.2) is 0 Å². The molecule has 0 saturated carbocycles. The second kappa shape index (κ2) is 12.1. The Hall–Kier alpha value is -7.42. The molecule has 3 aliphatic carbocycles. The summed E-state index contributed by atoms with van der Waals surface area (Å²) >= 11 is 0. The lowest BCUT2D eigenvalue weighted by atomic mass is 9.70. The third-order valence-corrected chi connectivity index (χ3v) is 13.9. The number of fused-ring (bicyclic) bond motifs is 16. The van der Waals surface area contributed by atoms with Crippen LogP contribution in [0.4, 0.5) is 17.1 Å². The van der Waals surface area contributed by atoms with Gasteiger partial charge in [0.2, 0.25) is 0 Å². The summed E-state index contributed by atoms with van der Waals surface area (Å²) < 4.78 is 6.29. The molecule has 0 aliphatic heterocycles. The number of hydrogen-bond acceptors (Lipinski definition) is 2. The summed E-state index contributed by atoms with van der Waals surface area (Å²) in [6.45, 7) is 4.71. The molecule has 282 valence electrons. The lowest BCUT2D eigenvalue weighted by Gasteiger charge is -2.30. The number of nitrogens with zero attached hydrogens (tertiary/aromatic N) is 1. The van der Waals surface area contributed by atoms with Crippen LogP contribution in [-0.2, 0) is 10.8 Å². The highest BCUT2D eigenvalue weighted by molar-refractivity contribution is 6.06. The Bertz CT molecular complexity index is 3360. The Balaban J connectivity index is 0.965. The molecule has 2 heteroatoms. The van der Waals surface area contributed by atoms with E-state index in [1.807, 2.05) is 6.07 Å². The lowest BCUT2D eigenvalue weighted by molar-refractivity contribution is 0.660. The van der Waals surface area contributed by atoms with Gasteiger partial charge in [-0.05, 0) is 132 Å². The Morgan fingerprint density at radius 1 is 0.333 bits per heavy atom. The minimum Gasteiger partial charge on any atom is -0.456 e. The van der Waals surface area contributed by atoms with E-state index >= 15 is 0 Å². The molecule has 0 saturated heterocycles. The highest BCUT2D eigenvalue weighted by Crippen LogP contribution is 2.63. The van der Waals surface area contributed by atoms with Gasteiger partial charge in [0, 0.05) is 33.2 Å². The van der Waals surface area contributed by atoms with Crippen molar-refractivity contribution in [1.82, 2.24) is 0 Å². The van der Waals surface area contributed by atoms with Gasteiger partial charge in [0.05, 0.1) is 5.41 Å². The van der Waals surface area contributed by atoms with Crippen molar-refractivity contribution in [2.45, 2.75) is 24.7 Å². The van der Waals surface area contributed by atoms with Gasteiger partial charge >= 0.3 is 0 Å². The molecule has 1 spiro atoms. The summed E-state index contributed by atoms with van der Waals surface area (Å²) in [6, 6.07) is 74.2. The average Bonchev–Trinajstić information content (AvgIpc) is 3.99. The first kappa shape index (κ1) is 33.5. The molecule has 13 rings (SSSR count). The van der Waals surface area contributed by atoms with Crippen LogP contribution in [0.3, 0.4) is 0 Å². The SMILES string of the molecule is CC1(C)c2ccccc2-c2ccc(N(c3ccc(-c4ccc5c(c4)C4(c6ccccc6-c6ccccc64)c4ccccc4-5)cc3)c3ccc4oc5ccccc5c4c3)cc21. The molecule has 2 nitrogen and oxygen atoms in total. The van der Waals surface area contributed by atoms with E-state index in [2.05, 4.69) is 213 Å². The van der Waals surface area contributed by atoms with Crippen molar-refractivity contribution in [3.8, 4) is 44.5 Å². The molecule has 0 N–H and O–H groups in total. The maximum absolute atomic E-state index is 6.29. The van der Waals surface area contributed by atoms with Gasteiger partial charge in [-0.3, -0.25) is 0 Å². The maximum Gasteiger partial charge on any atom is 0.135 e. The van der Waals surface area contributed by atoms with Crippen LogP contribution in [0.25, 0.3) is 66.4 Å². The number of benzene rings is 9. The van der Waals surface area contributed by atoms with Crippen molar-refractivity contribution >= 4 is 39.0 Å². The van der Waals surface area contributed by atoms with Crippen LogP contribution >= 0.6 is 0 Å². The third-order valence-electron chi connectivity index (χ3n) is 13.9. The summed E-state index contributed by atoms with van der Waals surface area (Å²) in [6.07, 6.45) is 0. The van der Waals surface area contributed by atoms with Gasteiger partial charge in [-0.1, -0.05) is 159 Å². The average molecular weight is 766 g/mol. The summed E-state index contributed by atoms with van der Waals surface area (Å²) in [7, 11) is 0. The molecule has 0 atom stereocenters. The summed E-state index contributed by atoms with van der Waals surface area (Å²) in [5, 5.41) is 2.24. The number of para-hydroxylation sites is 1. The maximum atomic E-state index is 6.29. The van der Waals surface area contributed by atoms with E-state index in [0.29, 0.717) is 0 Å². The van der Waals surface area contributed by atoms with E-state index in [1.54, 1.807) is 0 Å². The molecule has 0 amide bonds. The molecule has 1 heterocycles. The number of anilines is 3. The first-order chi connectivity index (χ1) is 29.5. The second-order valence-electron chi connectivity index (χ2n) is 17.2. The van der Waals surface area contributed by atoms with Crippen LogP contribution in [0.1, 0.15) is 47.2 Å². The standard InChI is InChI=1S/C58H39NO/c1-57(2)49-18-8-3-13-41(49)45-31-28-40(35-53(45)57)59(39-29-32-56-48(34-39)47-17-7-12-22-55(47)60-56)38-26-23-36(24-27-38)37-25-30-46-44-16-6-11-21-52(44)58(54(46)33-37)50-19-9-4-14-42(50)43-15-5-10-20-51(43)58/h3-35H,1-2H3. The molecule has 9 aromatic carbocycles. The Morgan fingerprint density at radius 2 is 0.800 bits per heavy atom. The molecular formula is C58H39NO. The molecular weight excluding hydrogens is 727 g/mol. The van der Waals surface area contributed by atoms with Gasteiger partial charge in [-0.2, -0.15) is 0 Å². The fraction of sp³-hybridized carbons (Fsp3) is 0.0690. The van der Waals surface area contributed by atoms with Crippen molar-refractivity contribution in [2.75, 3.05) is 4.90 Å². The Labute approximate surface area is 349 Å². The van der Waals surface area contributed by atoms with E-state index in [1.165, 1.54) is 77.9 Å². The minimum absolute atomic E-state index is 0.118. The first-order valence-electron chi connectivity index (χ1n) is 21.0. The fourth-order valence-corrected chi connectivity index (χ4v) is 11.2. The largest absolute Gasteiger partial charge is 0.456 e. The minimum atomic E-state index is -0.372. The van der Waals surface area contributed by atoms with E-state index in [0.717, 1.165) is 39.0 Å². The normalized spacial score (nSPS) is 14.4. The topological polar surface area (TPSA) is 16.4 Å². The molecule has 0 fully saturated rings. The predicted molar refractivity (Wildman–Crippen MR) is 248 cm³/mol. The van der Waals surface area contributed by atoms with Crippen LogP contribution in [0.2, 0.25) is 0 Å². The van der Waals surface area contributed by atoms with Crippen molar-refractivity contribution in [2.24, 2.45) is 0 Å². The smallest absolute Gasteiger partial charge is 0.135 e. The molecule has 1 aromatic heterocycles. The number of hydrogen-bond donors (Lipinski definition) is 0. The molecule has 0 bridgehead atoms. The molecule has 0 unspecified atom stereocenters. The highest BCUT2D eigenvalue weighted by atomic mass is 16.3. The van der Waals surface area contributed by atoms with E-state index in [-0.39, 0.29) is 10.8 Å². The predicted octanol–water partition coefficient (Wildman–Crippen LogP) is 15.4. The zero-order valence-corrected chi connectivity index (χ0v) is 33.4. The van der Waals surface area contributed by atoms with E-state index < -0.39 is 0 Å². The van der Waals surface area contributed by atoms with Crippen molar-refractivity contribution < 1.29 is 4.42 Å². The van der Waals surface area contributed by atoms with Crippen LogP contribution in [0.5, 0.6) is 0 Å². The molecule has 0 radical (unpaired) electrons. The second-order valence-corrected chi connectivity index (χ2v) is 17.2. The number of furan rings is 1. The first-order valence-corrected chi connectivity index (χ1v) is 21.0. The zero-order chi connectivity index (χ0) is 39.7. The molecule has 10 aromatic rings. The lowest BCUT2D eigenvalue weighted by Crippen LogP contribution is -2.25. The third kappa shape index (κ3) is 4.38. The van der Waals surface area contributed by atoms with Crippen molar-refractivity contribution in [1.29, 1.82) is 0 Å². The van der Waals surface area contributed by atoms with Gasteiger partial charge < -0.3 is 9.32 Å². The van der Waals surface area contributed by atoms with E-state index in [4.69, 9.17) is 4.42 Å². The Kier molecular flexibility index (Phi) is 6.74. The van der Waals surface area contributed by atoms with Crippen molar-refractivity contribution in [3.63, 3.8) is 0 Å². The quantitative estimate of drug-likeness (QED) is 0.177. The van der Waals surface area contributed by atoms with E-state index in [9.17, 15) is 0 Å². The number of rotatable bonds is 4. The molecule has 3 aliphatic rings. The van der Waals surface area contributed by atoms with Crippen LogP contribution in [0, 0.1) is 0 Å². The monoisotopic (exact) mass is 765 g/mol. The zero-order valence-electron chi connectivity index (χ0n) is 33.4. The van der Waals surface area contributed by atoms with Gasteiger partial charge in [-0.25, -0.2) is 0 Å². The van der Waals surface area contributed by atoms with Crippen LogP contribution in [0.15, 0.2) is 205 Å². The van der Waals surface area contributed by atoms with Crippen molar-refractivity contribution in [3.05, 3.63) is 234 Å². The fourth-order valence-electron chi connectivity index (χ4n) is 11.2. The highest BCUT2D eigenvalue weighted by Gasteiger charge is 2.51. The van der Waals surface area contributed by atoms with Crippen LogP contribution < -0.4 is 4.90 Å². The van der Waals surface area contributed by atoms with Crippen LogP contribution in [-0.4, -0.2) is 0 Å². The van der Waals surface area contributed by atoms with Gasteiger partial charge in [0.25, 0.3) is 0 Å². The summed E-state index contributed by atoms with van der Waals surface area (Å²) in [4.78, 5) is 2.41.